The van der Waals surface area contributed by atoms with Crippen LogP contribution in [0.3, 0.4) is 0 Å². The molecule has 0 unspecified atom stereocenters. The Morgan fingerprint density at radius 2 is 1.95 bits per heavy atom. The molecule has 98 valence electrons. The molecule has 20 heavy (non-hydrogen) atoms. The smallest absolute Gasteiger partial charge is 0.263 e. The summed E-state index contributed by atoms with van der Waals surface area (Å²) < 4.78 is 12.1. The Hall–Kier alpha value is -2.82. The summed E-state index contributed by atoms with van der Waals surface area (Å²) in [5.41, 5.74) is 2.12. The number of rotatable bonds is 1. The van der Waals surface area contributed by atoms with Gasteiger partial charge in [-0.05, 0) is 30.3 Å². The van der Waals surface area contributed by atoms with Crippen LogP contribution in [0.15, 0.2) is 48.8 Å². The van der Waals surface area contributed by atoms with Crippen LogP contribution in [0.25, 0.3) is 11.0 Å². The fourth-order valence-electron chi connectivity index (χ4n) is 2.29. The third-order valence-corrected chi connectivity index (χ3v) is 3.29. The van der Waals surface area contributed by atoms with Crippen LogP contribution in [0.2, 0.25) is 0 Å². The molecule has 0 N–H and O–H groups in total. The van der Waals surface area contributed by atoms with Crippen molar-refractivity contribution in [2.24, 2.45) is 0 Å². The van der Waals surface area contributed by atoms with Crippen molar-refractivity contribution in [3.63, 3.8) is 0 Å². The minimum absolute atomic E-state index is 0.142. The van der Waals surface area contributed by atoms with Crippen molar-refractivity contribution in [2.75, 3.05) is 6.79 Å². The van der Waals surface area contributed by atoms with Crippen LogP contribution in [-0.4, -0.2) is 22.3 Å². The first-order valence-electron chi connectivity index (χ1n) is 6.19. The summed E-state index contributed by atoms with van der Waals surface area (Å²) in [7, 11) is 0. The van der Waals surface area contributed by atoms with Crippen LogP contribution in [0, 0.1) is 0 Å². The highest BCUT2D eigenvalue weighted by Crippen LogP contribution is 2.32. The molecule has 1 aromatic heterocycles. The summed E-state index contributed by atoms with van der Waals surface area (Å²) in [6.07, 6.45) is 1.54. The molecule has 0 atom stereocenters. The Morgan fingerprint density at radius 1 is 1.10 bits per heavy atom. The highest BCUT2D eigenvalue weighted by atomic mass is 16.7. The Labute approximate surface area is 114 Å². The van der Waals surface area contributed by atoms with Crippen LogP contribution in [0.1, 0.15) is 10.4 Å². The molecule has 2 aromatic carbocycles. The number of imidazole rings is 1. The third-order valence-electron chi connectivity index (χ3n) is 3.29. The van der Waals surface area contributed by atoms with Gasteiger partial charge in [0.25, 0.3) is 5.91 Å². The van der Waals surface area contributed by atoms with Gasteiger partial charge in [-0.15, -0.1) is 0 Å². The summed E-state index contributed by atoms with van der Waals surface area (Å²) >= 11 is 0. The largest absolute Gasteiger partial charge is 0.454 e. The van der Waals surface area contributed by atoms with Crippen LogP contribution >= 0.6 is 0 Å². The third kappa shape index (κ3) is 1.56. The second-order valence-electron chi connectivity index (χ2n) is 4.48. The average Bonchev–Trinajstić information content (AvgIpc) is 3.12. The first-order chi connectivity index (χ1) is 9.83. The van der Waals surface area contributed by atoms with Gasteiger partial charge in [0.2, 0.25) is 6.79 Å². The predicted molar refractivity (Wildman–Crippen MR) is 72.0 cm³/mol. The van der Waals surface area contributed by atoms with E-state index in [-0.39, 0.29) is 12.7 Å². The van der Waals surface area contributed by atoms with Crippen LogP contribution in [0.5, 0.6) is 11.5 Å². The summed E-state index contributed by atoms with van der Waals surface area (Å²) in [5, 5.41) is 0. The van der Waals surface area contributed by atoms with E-state index in [4.69, 9.17) is 9.47 Å². The Balaban J connectivity index is 1.80. The lowest BCUT2D eigenvalue weighted by Crippen LogP contribution is -2.10. The number of hydrogen-bond acceptors (Lipinski definition) is 4. The van der Waals surface area contributed by atoms with E-state index >= 15 is 0 Å². The highest BCUT2D eigenvalue weighted by Gasteiger charge is 2.18. The zero-order valence-electron chi connectivity index (χ0n) is 10.4. The Kier molecular flexibility index (Phi) is 2.26. The van der Waals surface area contributed by atoms with Gasteiger partial charge < -0.3 is 9.47 Å². The van der Waals surface area contributed by atoms with E-state index in [0.717, 1.165) is 11.0 Å². The van der Waals surface area contributed by atoms with Crippen molar-refractivity contribution in [1.29, 1.82) is 0 Å². The van der Waals surface area contributed by atoms with Gasteiger partial charge in [-0.3, -0.25) is 9.36 Å². The number of carbonyl (C=O) groups excluding carboxylic acids is 1. The van der Waals surface area contributed by atoms with Crippen LogP contribution < -0.4 is 9.47 Å². The minimum atomic E-state index is -0.142. The first kappa shape index (κ1) is 11.0. The standard InChI is InChI=1S/C15H10N2O3/c18-15(10-5-6-13-14(7-10)20-9-19-13)17-8-16-11-3-1-2-4-12(11)17/h1-8H,9H2. The number of ether oxygens (including phenoxy) is 2. The lowest BCUT2D eigenvalue weighted by Gasteiger charge is -2.04. The predicted octanol–water partition coefficient (Wildman–Crippen LogP) is 2.45. The van der Waals surface area contributed by atoms with Gasteiger partial charge in [-0.25, -0.2) is 4.98 Å². The maximum Gasteiger partial charge on any atom is 0.263 e. The topological polar surface area (TPSA) is 53.4 Å². The summed E-state index contributed by atoms with van der Waals surface area (Å²) in [6.45, 7) is 0.195. The second kappa shape index (κ2) is 4.09. The fraction of sp³-hybridized carbons (Fsp3) is 0.0667. The monoisotopic (exact) mass is 266 g/mol. The number of carbonyl (C=O) groups is 1. The van der Waals surface area contributed by atoms with Gasteiger partial charge in [0.1, 0.15) is 6.33 Å². The molecule has 1 aliphatic rings. The zero-order valence-corrected chi connectivity index (χ0v) is 10.4. The van der Waals surface area contributed by atoms with Crippen molar-refractivity contribution in [3.8, 4) is 11.5 Å². The molecule has 4 rings (SSSR count). The number of benzene rings is 2. The molecule has 0 spiro atoms. The summed E-state index contributed by atoms with van der Waals surface area (Å²) in [5.74, 6) is 1.12. The summed E-state index contributed by atoms with van der Waals surface area (Å²) in [4.78, 5) is 16.8. The van der Waals surface area contributed by atoms with E-state index in [0.29, 0.717) is 17.1 Å². The van der Waals surface area contributed by atoms with E-state index in [1.54, 1.807) is 18.2 Å². The maximum absolute atomic E-state index is 12.5. The van der Waals surface area contributed by atoms with Crippen molar-refractivity contribution < 1.29 is 14.3 Å². The van der Waals surface area contributed by atoms with E-state index in [1.807, 2.05) is 24.3 Å². The molecule has 3 aromatic rings. The molecule has 0 saturated heterocycles. The van der Waals surface area contributed by atoms with Gasteiger partial charge in [-0.2, -0.15) is 0 Å². The number of aromatic nitrogens is 2. The number of para-hydroxylation sites is 2. The van der Waals surface area contributed by atoms with E-state index in [2.05, 4.69) is 4.98 Å². The second-order valence-corrected chi connectivity index (χ2v) is 4.48. The highest BCUT2D eigenvalue weighted by molar-refractivity contribution is 6.01. The molecule has 0 aliphatic carbocycles. The van der Waals surface area contributed by atoms with Gasteiger partial charge in [-0.1, -0.05) is 12.1 Å². The number of hydrogen-bond donors (Lipinski definition) is 0. The molecular formula is C15H10N2O3. The molecular weight excluding hydrogens is 256 g/mol. The fourth-order valence-corrected chi connectivity index (χ4v) is 2.29. The van der Waals surface area contributed by atoms with Gasteiger partial charge in [0, 0.05) is 5.56 Å². The van der Waals surface area contributed by atoms with Crippen molar-refractivity contribution >= 4 is 16.9 Å². The van der Waals surface area contributed by atoms with E-state index < -0.39 is 0 Å². The molecule has 0 bridgehead atoms. The quantitative estimate of drug-likeness (QED) is 0.679. The van der Waals surface area contributed by atoms with Crippen molar-refractivity contribution in [2.45, 2.75) is 0 Å². The van der Waals surface area contributed by atoms with Gasteiger partial charge >= 0.3 is 0 Å². The molecule has 0 fully saturated rings. The average molecular weight is 266 g/mol. The normalized spacial score (nSPS) is 12.8. The molecule has 0 amide bonds. The molecule has 5 heteroatoms. The Morgan fingerprint density at radius 3 is 2.90 bits per heavy atom. The van der Waals surface area contributed by atoms with Crippen LogP contribution in [-0.2, 0) is 0 Å². The summed E-state index contributed by atoms with van der Waals surface area (Å²) in [6, 6.07) is 12.7. The van der Waals surface area contributed by atoms with Crippen LogP contribution in [0.4, 0.5) is 0 Å². The Bertz CT molecular complexity index is 823. The minimum Gasteiger partial charge on any atom is -0.454 e. The molecule has 0 saturated carbocycles. The molecule has 5 nitrogen and oxygen atoms in total. The van der Waals surface area contributed by atoms with Gasteiger partial charge in [0.05, 0.1) is 11.0 Å². The number of nitrogens with zero attached hydrogens (tertiary/aromatic N) is 2. The molecule has 2 heterocycles. The SMILES string of the molecule is O=C(c1ccc2c(c1)OCO2)n1cnc2ccccc21. The molecule has 0 radical (unpaired) electrons. The maximum atomic E-state index is 12.5. The zero-order chi connectivity index (χ0) is 13.5. The van der Waals surface area contributed by atoms with Crippen molar-refractivity contribution in [3.05, 3.63) is 54.4 Å². The lowest BCUT2D eigenvalue weighted by molar-refractivity contribution is 0.0964. The van der Waals surface area contributed by atoms with Crippen molar-refractivity contribution in [1.82, 2.24) is 9.55 Å². The van der Waals surface area contributed by atoms with Gasteiger partial charge in [0.15, 0.2) is 11.5 Å². The lowest BCUT2D eigenvalue weighted by atomic mass is 10.2. The van der Waals surface area contributed by atoms with E-state index in [1.165, 1.54) is 10.9 Å². The number of fused-ring (bicyclic) bond motifs is 2. The van der Waals surface area contributed by atoms with E-state index in [9.17, 15) is 4.79 Å². The molecule has 1 aliphatic heterocycles. The first-order valence-corrected chi connectivity index (χ1v) is 6.19.